The maximum atomic E-state index is 12.8. The Hall–Kier alpha value is -3.13. The Balaban J connectivity index is 2.05. The molecular weight excluding hydrogens is 366 g/mol. The molecule has 8 heteroatoms. The second-order valence-electron chi connectivity index (χ2n) is 6.26. The number of aromatic hydroxyl groups is 1. The van der Waals surface area contributed by atoms with Gasteiger partial charge in [0.1, 0.15) is 11.4 Å². The van der Waals surface area contributed by atoms with E-state index in [-0.39, 0.29) is 21.9 Å². The number of aryl methyl sites for hydroxylation is 2. The molecule has 0 atom stereocenters. The highest BCUT2D eigenvalue weighted by Crippen LogP contribution is 2.29. The van der Waals surface area contributed by atoms with Gasteiger partial charge in [0, 0.05) is 18.2 Å². The third-order valence-electron chi connectivity index (χ3n) is 4.18. The number of aromatic amines is 1. The van der Waals surface area contributed by atoms with Crippen molar-refractivity contribution in [2.24, 2.45) is 4.99 Å². The Labute approximate surface area is 156 Å². The van der Waals surface area contributed by atoms with E-state index in [4.69, 9.17) is 0 Å². The average molecular weight is 385 g/mol. The summed E-state index contributed by atoms with van der Waals surface area (Å²) in [7, 11) is -3.44. The van der Waals surface area contributed by atoms with Crippen molar-refractivity contribution in [3.05, 3.63) is 69.6 Å². The molecule has 2 aromatic carbocycles. The van der Waals surface area contributed by atoms with E-state index in [1.54, 1.807) is 6.92 Å². The molecular formula is C19H19N3O4S. The summed E-state index contributed by atoms with van der Waals surface area (Å²) in [6.45, 7) is 3.64. The van der Waals surface area contributed by atoms with Gasteiger partial charge in [-0.3, -0.25) is 14.9 Å². The highest BCUT2D eigenvalue weighted by atomic mass is 32.2. The van der Waals surface area contributed by atoms with Crippen LogP contribution in [0.4, 0.5) is 5.69 Å². The number of benzene rings is 2. The Morgan fingerprint density at radius 1 is 1.15 bits per heavy atom. The molecule has 0 spiro atoms. The summed E-state index contributed by atoms with van der Waals surface area (Å²) >= 11 is 0. The monoisotopic (exact) mass is 385 g/mol. The van der Waals surface area contributed by atoms with Gasteiger partial charge in [-0.15, -0.1) is 0 Å². The number of sulfone groups is 1. The first-order chi connectivity index (χ1) is 12.7. The van der Waals surface area contributed by atoms with Crippen LogP contribution in [0.25, 0.3) is 5.69 Å². The van der Waals surface area contributed by atoms with Crippen LogP contribution in [0.15, 0.2) is 57.1 Å². The molecule has 27 heavy (non-hydrogen) atoms. The van der Waals surface area contributed by atoms with Crippen LogP contribution in [-0.2, 0) is 9.84 Å². The number of H-pyrrole nitrogens is 1. The van der Waals surface area contributed by atoms with Gasteiger partial charge in [0.15, 0.2) is 9.84 Å². The Morgan fingerprint density at radius 2 is 1.85 bits per heavy atom. The number of nitrogens with zero attached hydrogens (tertiary/aromatic N) is 2. The van der Waals surface area contributed by atoms with Crippen LogP contribution in [0.5, 0.6) is 5.75 Å². The third kappa shape index (κ3) is 3.70. The minimum absolute atomic E-state index is 0.0376. The number of phenols is 1. The van der Waals surface area contributed by atoms with Gasteiger partial charge in [-0.1, -0.05) is 18.2 Å². The number of hydrogen-bond donors (Lipinski definition) is 2. The van der Waals surface area contributed by atoms with Crippen molar-refractivity contribution in [3.63, 3.8) is 0 Å². The molecule has 3 aromatic rings. The zero-order valence-electron chi connectivity index (χ0n) is 15.1. The van der Waals surface area contributed by atoms with Crippen LogP contribution >= 0.6 is 0 Å². The molecule has 140 valence electrons. The van der Waals surface area contributed by atoms with Crippen LogP contribution in [0.1, 0.15) is 16.8 Å². The van der Waals surface area contributed by atoms with Crippen molar-refractivity contribution in [1.82, 2.24) is 9.78 Å². The molecule has 0 fully saturated rings. The normalized spacial score (nSPS) is 12.0. The summed E-state index contributed by atoms with van der Waals surface area (Å²) in [5.74, 6) is -0.175. The highest BCUT2D eigenvalue weighted by Gasteiger charge is 2.13. The molecule has 0 unspecified atom stereocenters. The van der Waals surface area contributed by atoms with Crippen molar-refractivity contribution in [2.45, 2.75) is 18.7 Å². The molecule has 7 nitrogen and oxygen atoms in total. The van der Waals surface area contributed by atoms with E-state index < -0.39 is 9.84 Å². The number of aromatic nitrogens is 2. The summed E-state index contributed by atoms with van der Waals surface area (Å²) < 4.78 is 24.8. The van der Waals surface area contributed by atoms with Gasteiger partial charge >= 0.3 is 0 Å². The van der Waals surface area contributed by atoms with Crippen molar-refractivity contribution in [3.8, 4) is 11.4 Å². The van der Waals surface area contributed by atoms with Gasteiger partial charge < -0.3 is 5.11 Å². The van der Waals surface area contributed by atoms with Crippen LogP contribution in [0, 0.1) is 13.8 Å². The molecule has 0 amide bonds. The topological polar surface area (TPSA) is 105 Å². The summed E-state index contributed by atoms with van der Waals surface area (Å²) in [6.07, 6.45) is 2.40. The van der Waals surface area contributed by atoms with Gasteiger partial charge in [0.2, 0.25) is 0 Å². The minimum Gasteiger partial charge on any atom is -0.506 e. The average Bonchev–Trinajstić information content (AvgIpc) is 2.88. The smallest absolute Gasteiger partial charge is 0.280 e. The molecule has 0 saturated carbocycles. The molecule has 0 aliphatic carbocycles. The fraction of sp³-hybridized carbons (Fsp3) is 0.158. The number of nitrogens with one attached hydrogen (secondary N) is 1. The van der Waals surface area contributed by atoms with E-state index in [0.717, 1.165) is 17.5 Å². The Morgan fingerprint density at radius 3 is 2.52 bits per heavy atom. The second-order valence-corrected chi connectivity index (χ2v) is 8.27. The largest absolute Gasteiger partial charge is 0.506 e. The standard InChI is InChI=1S/C19H19N3O4S/c1-12-6-4-5-7-17(12)22-19(24)15(13(2)21-22)11-20-16-10-14(27(3,25)26)8-9-18(16)23/h4-11,21,23H,1-3H3. The van der Waals surface area contributed by atoms with Gasteiger partial charge in [0.25, 0.3) is 5.56 Å². The molecule has 3 rings (SSSR count). The Kier molecular flexibility index (Phi) is 4.75. The third-order valence-corrected chi connectivity index (χ3v) is 5.29. The predicted octanol–water partition coefficient (Wildman–Crippen LogP) is 2.64. The molecule has 0 aliphatic heterocycles. The minimum atomic E-state index is -3.44. The van der Waals surface area contributed by atoms with Crippen molar-refractivity contribution in [1.29, 1.82) is 0 Å². The molecule has 1 heterocycles. The van der Waals surface area contributed by atoms with Crippen LogP contribution in [-0.4, -0.2) is 35.8 Å². The van der Waals surface area contributed by atoms with Gasteiger partial charge in [-0.25, -0.2) is 13.1 Å². The first-order valence-corrected chi connectivity index (χ1v) is 10.0. The van der Waals surface area contributed by atoms with E-state index in [2.05, 4.69) is 10.1 Å². The number of aliphatic imine (C=N–C) groups is 1. The number of hydrogen-bond acceptors (Lipinski definition) is 5. The van der Waals surface area contributed by atoms with Crippen LogP contribution in [0.2, 0.25) is 0 Å². The summed E-state index contributed by atoms with van der Waals surface area (Å²) in [6, 6.07) is 11.3. The maximum absolute atomic E-state index is 12.8. The van der Waals surface area contributed by atoms with Crippen LogP contribution in [0.3, 0.4) is 0 Å². The van der Waals surface area contributed by atoms with Gasteiger partial charge in [0.05, 0.1) is 16.1 Å². The fourth-order valence-corrected chi connectivity index (χ4v) is 3.31. The van der Waals surface area contributed by atoms with Crippen LogP contribution < -0.4 is 5.56 Å². The molecule has 0 radical (unpaired) electrons. The first-order valence-electron chi connectivity index (χ1n) is 8.13. The first kappa shape index (κ1) is 18.7. The lowest BCUT2D eigenvalue weighted by atomic mass is 10.2. The van der Waals surface area contributed by atoms with E-state index in [1.165, 1.54) is 29.1 Å². The zero-order chi connectivity index (χ0) is 19.8. The van der Waals surface area contributed by atoms with Crippen molar-refractivity contribution >= 4 is 21.7 Å². The van der Waals surface area contributed by atoms with Crippen molar-refractivity contribution in [2.75, 3.05) is 6.26 Å². The summed E-state index contributed by atoms with van der Waals surface area (Å²) in [4.78, 5) is 16.9. The van der Waals surface area contributed by atoms with E-state index in [0.29, 0.717) is 11.3 Å². The number of rotatable bonds is 4. The Bertz CT molecular complexity index is 1200. The quantitative estimate of drug-likeness (QED) is 0.674. The lowest BCUT2D eigenvalue weighted by Crippen LogP contribution is -2.18. The zero-order valence-corrected chi connectivity index (χ0v) is 15.9. The predicted molar refractivity (Wildman–Crippen MR) is 104 cm³/mol. The maximum Gasteiger partial charge on any atom is 0.280 e. The number of phenolic OH excluding ortho intramolecular Hbond substituents is 1. The van der Waals surface area contributed by atoms with E-state index >= 15 is 0 Å². The SMILES string of the molecule is Cc1ccccc1-n1[nH]c(C)c(C=Nc2cc(S(C)(=O)=O)ccc2O)c1=O. The van der Waals surface area contributed by atoms with E-state index in [9.17, 15) is 18.3 Å². The molecule has 1 aromatic heterocycles. The van der Waals surface area contributed by atoms with Gasteiger partial charge in [-0.2, -0.15) is 0 Å². The molecule has 0 aliphatic rings. The second kappa shape index (κ2) is 6.88. The fourth-order valence-electron chi connectivity index (χ4n) is 2.67. The molecule has 0 saturated heterocycles. The molecule has 2 N–H and O–H groups in total. The number of para-hydroxylation sites is 1. The summed E-state index contributed by atoms with van der Waals surface area (Å²) in [5, 5.41) is 12.9. The van der Waals surface area contributed by atoms with E-state index in [1.807, 2.05) is 31.2 Å². The van der Waals surface area contributed by atoms with Gasteiger partial charge in [-0.05, 0) is 43.7 Å². The summed E-state index contributed by atoms with van der Waals surface area (Å²) in [5.41, 5.74) is 2.37. The lowest BCUT2D eigenvalue weighted by molar-refractivity contribution is 0.476. The van der Waals surface area contributed by atoms with Crippen molar-refractivity contribution < 1.29 is 13.5 Å². The lowest BCUT2D eigenvalue weighted by Gasteiger charge is -2.04. The molecule has 0 bridgehead atoms. The highest BCUT2D eigenvalue weighted by molar-refractivity contribution is 7.90.